The van der Waals surface area contributed by atoms with Gasteiger partial charge in [0.05, 0.1) is 18.6 Å². The van der Waals surface area contributed by atoms with Gasteiger partial charge < -0.3 is 19.0 Å². The summed E-state index contributed by atoms with van der Waals surface area (Å²) in [5.41, 5.74) is -6.28. The fourth-order valence-corrected chi connectivity index (χ4v) is 3.33. The molecule has 9 nitrogen and oxygen atoms in total. The van der Waals surface area contributed by atoms with Gasteiger partial charge in [-0.05, 0) is 11.6 Å². The summed E-state index contributed by atoms with van der Waals surface area (Å²) in [5.74, 6) is -2.58. The van der Waals surface area contributed by atoms with E-state index in [1.807, 2.05) is 0 Å². The maximum Gasteiger partial charge on any atom is 0.534 e. The highest BCUT2D eigenvalue weighted by molar-refractivity contribution is 7.88. The Morgan fingerprint density at radius 1 is 1.36 bits per heavy atom. The van der Waals surface area contributed by atoms with Gasteiger partial charge >= 0.3 is 21.7 Å². The third-order valence-corrected chi connectivity index (χ3v) is 4.82. The summed E-state index contributed by atoms with van der Waals surface area (Å²) in [6, 6.07) is -1.03. The second-order valence-electron chi connectivity index (χ2n) is 5.26. The molecule has 2 amide bonds. The maximum absolute atomic E-state index is 12.5. The molecule has 1 aromatic rings. The summed E-state index contributed by atoms with van der Waals surface area (Å²) < 4.78 is 64.2. The van der Waals surface area contributed by atoms with Crippen LogP contribution in [-0.4, -0.2) is 47.6 Å². The molecule has 1 aromatic carbocycles. The summed E-state index contributed by atoms with van der Waals surface area (Å²) in [6.45, 7) is -0.395. The minimum atomic E-state index is -6.03. The molecule has 1 fully saturated rings. The van der Waals surface area contributed by atoms with Gasteiger partial charge in [-0.2, -0.15) is 26.7 Å². The van der Waals surface area contributed by atoms with Gasteiger partial charge in [0.2, 0.25) is 0 Å². The van der Waals surface area contributed by atoms with E-state index in [9.17, 15) is 41.5 Å². The standard InChI is InChI=1S/C12H9F3N2O7S/c13-12(14,15)25(22,23)24-7-3-1-2-5-8(7)6-4-16(9(5)10(18)19)11(20)17(6)21/h1-3,6,9,21H,4H2,(H,18,19)/p-1/t6-,9+/m0/s1. The van der Waals surface area contributed by atoms with Crippen LogP contribution in [0.25, 0.3) is 0 Å². The normalized spacial score (nSPS) is 22.8. The van der Waals surface area contributed by atoms with Crippen molar-refractivity contribution in [1.82, 2.24) is 9.96 Å². The summed E-state index contributed by atoms with van der Waals surface area (Å²) in [6.07, 6.45) is 0. The summed E-state index contributed by atoms with van der Waals surface area (Å²) in [4.78, 5) is 24.0. The van der Waals surface area contributed by atoms with Crippen LogP contribution in [0.4, 0.5) is 18.0 Å². The van der Waals surface area contributed by atoms with Gasteiger partial charge in [0.25, 0.3) is 0 Å². The van der Waals surface area contributed by atoms with E-state index >= 15 is 0 Å². The lowest BCUT2D eigenvalue weighted by Crippen LogP contribution is -2.44. The topological polar surface area (TPSA) is 127 Å². The Bertz CT molecular complexity index is 870. The van der Waals surface area contributed by atoms with Crippen LogP contribution in [0.5, 0.6) is 5.75 Å². The van der Waals surface area contributed by atoms with E-state index < -0.39 is 52.0 Å². The maximum atomic E-state index is 12.5. The van der Waals surface area contributed by atoms with Gasteiger partial charge in [0.15, 0.2) is 0 Å². The number of fused-ring (bicyclic) bond motifs is 4. The molecule has 0 aromatic heterocycles. The Balaban J connectivity index is 2.17. The lowest BCUT2D eigenvalue weighted by Gasteiger charge is -2.34. The van der Waals surface area contributed by atoms with Crippen molar-refractivity contribution in [2.24, 2.45) is 0 Å². The van der Waals surface area contributed by atoms with Gasteiger partial charge in [-0.1, -0.05) is 12.1 Å². The molecule has 1 saturated heterocycles. The average molecular weight is 381 g/mol. The van der Waals surface area contributed by atoms with E-state index in [0.717, 1.165) is 23.1 Å². The number of carbonyl (C=O) groups excluding carboxylic acids is 2. The zero-order chi connectivity index (χ0) is 18.7. The highest BCUT2D eigenvalue weighted by atomic mass is 32.2. The van der Waals surface area contributed by atoms with Crippen molar-refractivity contribution >= 4 is 22.1 Å². The molecule has 1 N–H and O–H groups in total. The van der Waals surface area contributed by atoms with E-state index in [0.29, 0.717) is 0 Å². The lowest BCUT2D eigenvalue weighted by atomic mass is 9.90. The summed E-state index contributed by atoms with van der Waals surface area (Å²) >= 11 is 0. The number of alkyl halides is 3. The van der Waals surface area contributed by atoms with Crippen LogP contribution in [0.3, 0.4) is 0 Å². The van der Waals surface area contributed by atoms with E-state index in [1.165, 1.54) is 0 Å². The number of carboxylic acids is 1. The molecule has 2 atom stereocenters. The number of hydroxylamine groups is 2. The van der Waals surface area contributed by atoms with Crippen LogP contribution in [0.2, 0.25) is 0 Å². The predicted octanol–water partition coefficient (Wildman–Crippen LogP) is -0.113. The number of carboxylic acid groups (broad SMARTS) is 1. The number of rotatable bonds is 3. The Labute approximate surface area is 137 Å². The van der Waals surface area contributed by atoms with Crippen molar-refractivity contribution < 1.29 is 45.7 Å². The first-order chi connectivity index (χ1) is 11.5. The van der Waals surface area contributed by atoms with Crippen LogP contribution in [0.15, 0.2) is 18.2 Å². The molecule has 0 aliphatic carbocycles. The first-order valence-electron chi connectivity index (χ1n) is 6.59. The number of hydrogen-bond acceptors (Lipinski definition) is 7. The number of aliphatic carboxylic acids is 1. The Kier molecular flexibility index (Phi) is 3.61. The van der Waals surface area contributed by atoms with Crippen molar-refractivity contribution in [2.45, 2.75) is 17.6 Å². The molecule has 2 aliphatic rings. The quantitative estimate of drug-likeness (QED) is 0.439. The molecule has 0 spiro atoms. The number of nitrogens with zero attached hydrogens (tertiary/aromatic N) is 2. The van der Waals surface area contributed by atoms with Gasteiger partial charge in [0.1, 0.15) is 11.8 Å². The van der Waals surface area contributed by atoms with Crippen LogP contribution < -0.4 is 9.29 Å². The number of hydrogen-bond donors (Lipinski definition) is 1. The highest BCUT2D eigenvalue weighted by Crippen LogP contribution is 2.47. The van der Waals surface area contributed by atoms with Gasteiger partial charge in [0, 0.05) is 5.56 Å². The zero-order valence-corrected chi connectivity index (χ0v) is 12.7. The molecule has 136 valence electrons. The number of benzene rings is 1. The molecule has 25 heavy (non-hydrogen) atoms. The first kappa shape index (κ1) is 17.3. The van der Waals surface area contributed by atoms with Crippen LogP contribution in [0, 0.1) is 0 Å². The fourth-order valence-electron chi connectivity index (χ4n) is 2.85. The molecule has 2 heterocycles. The van der Waals surface area contributed by atoms with Crippen LogP contribution >= 0.6 is 0 Å². The molecule has 0 radical (unpaired) electrons. The molecule has 2 aliphatic heterocycles. The Morgan fingerprint density at radius 2 is 2.00 bits per heavy atom. The number of halogens is 3. The monoisotopic (exact) mass is 381 g/mol. The van der Waals surface area contributed by atoms with Crippen molar-refractivity contribution in [3.8, 4) is 5.75 Å². The van der Waals surface area contributed by atoms with Gasteiger partial charge in [-0.3, -0.25) is 5.21 Å². The molecule has 0 saturated carbocycles. The molecule has 0 unspecified atom stereocenters. The Morgan fingerprint density at radius 3 is 2.56 bits per heavy atom. The fraction of sp³-hybridized carbons (Fsp3) is 0.333. The number of urea groups is 1. The minimum absolute atomic E-state index is 0.106. The molecule has 13 heteroatoms. The van der Waals surface area contributed by atoms with Crippen molar-refractivity contribution in [2.75, 3.05) is 6.54 Å². The first-order valence-corrected chi connectivity index (χ1v) is 7.99. The van der Waals surface area contributed by atoms with Crippen molar-refractivity contribution in [3.05, 3.63) is 29.3 Å². The molecular weight excluding hydrogens is 373 g/mol. The SMILES string of the molecule is O=C([O-])[C@H]1c2cccc(OS(=O)(=O)C(F)(F)F)c2[C@@H]2CN1C(=O)N2O. The highest BCUT2D eigenvalue weighted by Gasteiger charge is 2.52. The van der Waals surface area contributed by atoms with Gasteiger partial charge in [-0.25, -0.2) is 4.79 Å². The summed E-state index contributed by atoms with van der Waals surface area (Å²) in [5, 5.41) is 21.3. The van der Waals surface area contributed by atoms with E-state index in [-0.39, 0.29) is 16.2 Å². The van der Waals surface area contributed by atoms with E-state index in [1.54, 1.807) is 0 Å². The number of carbonyl (C=O) groups is 2. The second-order valence-corrected chi connectivity index (χ2v) is 6.80. The third kappa shape index (κ3) is 2.46. The largest absolute Gasteiger partial charge is 0.548 e. The average Bonchev–Trinajstić information content (AvgIpc) is 2.72. The van der Waals surface area contributed by atoms with Gasteiger partial charge in [-0.15, -0.1) is 0 Å². The predicted molar refractivity (Wildman–Crippen MR) is 68.3 cm³/mol. The molecular formula is C12H8F3N2O7S-. The number of amides is 2. The van der Waals surface area contributed by atoms with E-state index in [4.69, 9.17) is 0 Å². The van der Waals surface area contributed by atoms with Crippen molar-refractivity contribution in [1.29, 1.82) is 0 Å². The lowest BCUT2D eigenvalue weighted by molar-refractivity contribution is -0.311. The minimum Gasteiger partial charge on any atom is -0.548 e. The van der Waals surface area contributed by atoms with Crippen molar-refractivity contribution in [3.63, 3.8) is 0 Å². The van der Waals surface area contributed by atoms with E-state index in [2.05, 4.69) is 4.18 Å². The zero-order valence-electron chi connectivity index (χ0n) is 11.9. The third-order valence-electron chi connectivity index (χ3n) is 3.85. The smallest absolute Gasteiger partial charge is 0.534 e. The second kappa shape index (κ2) is 5.23. The van der Waals surface area contributed by atoms with Crippen LogP contribution in [-0.2, 0) is 14.9 Å². The summed E-state index contributed by atoms with van der Waals surface area (Å²) in [7, 11) is -6.03. The molecule has 2 bridgehead atoms. The Hall–Kier alpha value is -2.54. The van der Waals surface area contributed by atoms with Crippen LogP contribution in [0.1, 0.15) is 23.2 Å². The molecule has 3 rings (SSSR count).